The van der Waals surface area contributed by atoms with Gasteiger partial charge in [-0.3, -0.25) is 4.79 Å². The topological polar surface area (TPSA) is 83.6 Å². The number of alkyl halides is 2. The van der Waals surface area contributed by atoms with Crippen molar-refractivity contribution in [2.24, 2.45) is 5.73 Å². The molecule has 0 saturated heterocycles. The molecule has 0 amide bonds. The van der Waals surface area contributed by atoms with E-state index in [1.807, 2.05) is 12.2 Å². The van der Waals surface area contributed by atoms with Crippen molar-refractivity contribution < 1.29 is 23.8 Å². The van der Waals surface area contributed by atoms with E-state index in [0.29, 0.717) is 19.3 Å². The van der Waals surface area contributed by atoms with E-state index in [1.54, 1.807) is 0 Å². The Hall–Kier alpha value is -1.01. The van der Waals surface area contributed by atoms with E-state index in [1.165, 1.54) is 0 Å². The first kappa shape index (κ1) is 19.0. The number of nitrogens with two attached hydrogens (primary N) is 1. The molecule has 0 aromatic carbocycles. The summed E-state index contributed by atoms with van der Waals surface area (Å²) in [5.41, 5.74) is 5.26. The molecule has 0 aliphatic carbocycles. The molecule has 0 heterocycles. The molecule has 2 atom stereocenters. The highest BCUT2D eigenvalue weighted by Crippen LogP contribution is 2.10. The lowest BCUT2D eigenvalue weighted by atomic mass is 10.1. The van der Waals surface area contributed by atoms with Crippen LogP contribution in [0.15, 0.2) is 12.2 Å². The molecule has 118 valence electrons. The summed E-state index contributed by atoms with van der Waals surface area (Å²) < 4.78 is 23.7. The number of carbonyl (C=O) groups is 1. The average Bonchev–Trinajstić information content (AvgIpc) is 2.39. The lowest BCUT2D eigenvalue weighted by Crippen LogP contribution is -2.41. The second kappa shape index (κ2) is 11.8. The minimum Gasteiger partial charge on any atom is -0.480 e. The fourth-order valence-corrected chi connectivity index (χ4v) is 1.76. The Labute approximate surface area is 118 Å². The maximum absolute atomic E-state index is 11.8. The number of carboxylic acids is 1. The number of carboxylic acid groups (broad SMARTS) is 1. The Bertz CT molecular complexity index is 286. The van der Waals surface area contributed by atoms with Crippen LogP contribution in [0.5, 0.6) is 0 Å². The third-order valence-corrected chi connectivity index (χ3v) is 3.04. The van der Waals surface area contributed by atoms with E-state index in [-0.39, 0.29) is 6.42 Å². The van der Waals surface area contributed by atoms with Crippen LogP contribution in [0.2, 0.25) is 0 Å². The largest absolute Gasteiger partial charge is 0.480 e. The van der Waals surface area contributed by atoms with E-state index >= 15 is 0 Å². The van der Waals surface area contributed by atoms with Crippen LogP contribution in [0.4, 0.5) is 8.78 Å². The van der Waals surface area contributed by atoms with Gasteiger partial charge < -0.3 is 15.9 Å². The molecule has 0 fully saturated rings. The van der Waals surface area contributed by atoms with E-state index in [9.17, 15) is 18.7 Å². The number of aliphatic hydroxyl groups is 1. The molecule has 0 spiro atoms. The van der Waals surface area contributed by atoms with Gasteiger partial charge in [-0.1, -0.05) is 25.0 Å². The highest BCUT2D eigenvalue weighted by atomic mass is 19.3. The SMILES string of the molecule is NC(C(=O)O)C(O)CC/C=C/CCCCCCC(F)F. The number of rotatable bonds is 12. The molecule has 0 aromatic heterocycles. The zero-order valence-electron chi connectivity index (χ0n) is 11.7. The van der Waals surface area contributed by atoms with Gasteiger partial charge in [-0.15, -0.1) is 0 Å². The Morgan fingerprint density at radius 2 is 1.65 bits per heavy atom. The summed E-state index contributed by atoms with van der Waals surface area (Å²) in [4.78, 5) is 10.5. The number of unbranched alkanes of at least 4 members (excludes halogenated alkanes) is 4. The van der Waals surface area contributed by atoms with Crippen LogP contribution in [-0.4, -0.2) is 34.8 Å². The maximum Gasteiger partial charge on any atom is 0.323 e. The predicted molar refractivity (Wildman–Crippen MR) is 73.7 cm³/mol. The molecule has 0 bridgehead atoms. The summed E-state index contributed by atoms with van der Waals surface area (Å²) >= 11 is 0. The monoisotopic (exact) mass is 293 g/mol. The summed E-state index contributed by atoms with van der Waals surface area (Å²) in [6.45, 7) is 0. The number of hydrogen-bond donors (Lipinski definition) is 3. The van der Waals surface area contributed by atoms with E-state index in [2.05, 4.69) is 0 Å². The van der Waals surface area contributed by atoms with Crippen molar-refractivity contribution in [2.45, 2.75) is 69.9 Å². The number of aliphatic carboxylic acids is 1. The van der Waals surface area contributed by atoms with Crippen LogP contribution in [0.25, 0.3) is 0 Å². The third kappa shape index (κ3) is 10.9. The molecule has 0 aliphatic rings. The van der Waals surface area contributed by atoms with Gasteiger partial charge in [0.15, 0.2) is 0 Å². The van der Waals surface area contributed by atoms with Crippen LogP contribution >= 0.6 is 0 Å². The molecule has 4 N–H and O–H groups in total. The fraction of sp³-hybridized carbons (Fsp3) is 0.786. The van der Waals surface area contributed by atoms with Gasteiger partial charge in [0.25, 0.3) is 0 Å². The van der Waals surface area contributed by atoms with Gasteiger partial charge in [0.2, 0.25) is 6.43 Å². The average molecular weight is 293 g/mol. The first-order valence-electron chi connectivity index (χ1n) is 7.04. The second-order valence-electron chi connectivity index (χ2n) is 4.86. The molecule has 6 heteroatoms. The molecule has 4 nitrogen and oxygen atoms in total. The normalized spacial score (nSPS) is 14.8. The molecule has 2 unspecified atom stereocenters. The summed E-state index contributed by atoms with van der Waals surface area (Å²) in [6.07, 6.45) is 5.65. The quantitative estimate of drug-likeness (QED) is 0.381. The molecule has 0 aliphatic heterocycles. The number of aliphatic hydroxyl groups excluding tert-OH is 1. The van der Waals surface area contributed by atoms with E-state index < -0.39 is 24.5 Å². The van der Waals surface area contributed by atoms with Gasteiger partial charge in [-0.05, 0) is 32.1 Å². The summed E-state index contributed by atoms with van der Waals surface area (Å²) in [7, 11) is 0. The Morgan fingerprint density at radius 3 is 2.25 bits per heavy atom. The van der Waals surface area contributed by atoms with Crippen molar-refractivity contribution in [2.75, 3.05) is 0 Å². The first-order valence-corrected chi connectivity index (χ1v) is 7.04. The minimum atomic E-state index is -2.20. The summed E-state index contributed by atoms with van der Waals surface area (Å²) in [6, 6.07) is -1.24. The van der Waals surface area contributed by atoms with Gasteiger partial charge in [-0.25, -0.2) is 8.78 Å². The first-order chi connectivity index (χ1) is 9.45. The van der Waals surface area contributed by atoms with Crippen LogP contribution in [0.1, 0.15) is 51.4 Å². The minimum absolute atomic E-state index is 0.0163. The van der Waals surface area contributed by atoms with Gasteiger partial charge >= 0.3 is 5.97 Å². The number of halogens is 2. The smallest absolute Gasteiger partial charge is 0.323 e. The van der Waals surface area contributed by atoms with Crippen molar-refractivity contribution in [1.29, 1.82) is 0 Å². The Balaban J connectivity index is 3.42. The van der Waals surface area contributed by atoms with Gasteiger partial charge in [0.05, 0.1) is 6.10 Å². The molecule has 0 aromatic rings. The van der Waals surface area contributed by atoms with Crippen molar-refractivity contribution in [3.8, 4) is 0 Å². The van der Waals surface area contributed by atoms with Crippen LogP contribution in [0.3, 0.4) is 0 Å². The molecular formula is C14H25F2NO3. The lowest BCUT2D eigenvalue weighted by Gasteiger charge is -2.13. The van der Waals surface area contributed by atoms with E-state index in [0.717, 1.165) is 25.7 Å². The third-order valence-electron chi connectivity index (χ3n) is 3.04. The molecule has 20 heavy (non-hydrogen) atoms. The fourth-order valence-electron chi connectivity index (χ4n) is 1.76. The molecule has 0 rings (SSSR count). The van der Waals surface area contributed by atoms with Crippen LogP contribution in [0, 0.1) is 0 Å². The molecular weight excluding hydrogens is 268 g/mol. The predicted octanol–water partition coefficient (Wildman–Crippen LogP) is 2.70. The maximum atomic E-state index is 11.8. The second-order valence-corrected chi connectivity index (χ2v) is 4.86. The van der Waals surface area contributed by atoms with Gasteiger partial charge in [0.1, 0.15) is 6.04 Å². The lowest BCUT2D eigenvalue weighted by molar-refractivity contribution is -0.141. The highest BCUT2D eigenvalue weighted by molar-refractivity contribution is 5.73. The van der Waals surface area contributed by atoms with Crippen LogP contribution < -0.4 is 5.73 Å². The Kier molecular flexibility index (Phi) is 11.2. The van der Waals surface area contributed by atoms with Crippen molar-refractivity contribution in [1.82, 2.24) is 0 Å². The highest BCUT2D eigenvalue weighted by Gasteiger charge is 2.20. The standard InChI is InChI=1S/C14H25F2NO3/c15-12(16)10-8-6-4-2-1-3-5-7-9-11(18)13(17)14(19)20/h3,5,11-13,18H,1-2,4,6-10,17H2,(H,19,20)/b5-3+. The van der Waals surface area contributed by atoms with Crippen LogP contribution in [-0.2, 0) is 4.79 Å². The van der Waals surface area contributed by atoms with E-state index in [4.69, 9.17) is 10.8 Å². The summed E-state index contributed by atoms with van der Waals surface area (Å²) in [5, 5.41) is 18.0. The zero-order valence-corrected chi connectivity index (χ0v) is 11.7. The van der Waals surface area contributed by atoms with Crippen molar-refractivity contribution >= 4 is 5.97 Å². The van der Waals surface area contributed by atoms with Gasteiger partial charge in [0, 0.05) is 6.42 Å². The number of hydrogen-bond acceptors (Lipinski definition) is 3. The van der Waals surface area contributed by atoms with Crippen molar-refractivity contribution in [3.63, 3.8) is 0 Å². The van der Waals surface area contributed by atoms with Gasteiger partial charge in [-0.2, -0.15) is 0 Å². The zero-order chi connectivity index (χ0) is 15.4. The number of allylic oxidation sites excluding steroid dienone is 2. The summed E-state index contributed by atoms with van der Waals surface area (Å²) in [5.74, 6) is -1.20. The molecule has 0 radical (unpaired) electrons. The Morgan fingerprint density at radius 1 is 1.05 bits per heavy atom. The van der Waals surface area contributed by atoms with Crippen molar-refractivity contribution in [3.05, 3.63) is 12.2 Å². The molecule has 0 saturated carbocycles.